The largest absolute Gasteiger partial charge is 0.497 e. The van der Waals surface area contributed by atoms with Crippen molar-refractivity contribution in [2.45, 2.75) is 35.8 Å². The first-order chi connectivity index (χ1) is 7.29. The van der Waals surface area contributed by atoms with Gasteiger partial charge in [-0.25, -0.2) is 0 Å². The maximum absolute atomic E-state index is 5.95. The summed E-state index contributed by atoms with van der Waals surface area (Å²) in [5.74, 6) is 0.893. The number of hydrogen-bond donors (Lipinski definition) is 1. The third-order valence-corrected chi connectivity index (χ3v) is 4.23. The minimum Gasteiger partial charge on any atom is -0.497 e. The van der Waals surface area contributed by atoms with Crippen LogP contribution in [0.4, 0.5) is 5.69 Å². The molecule has 1 saturated carbocycles. The zero-order valence-corrected chi connectivity index (χ0v) is 9.85. The predicted octanol–water partition coefficient (Wildman–Crippen LogP) is 3.31. The third-order valence-electron chi connectivity index (χ3n) is 2.82. The molecule has 0 spiro atoms. The highest BCUT2D eigenvalue weighted by molar-refractivity contribution is 8.00. The van der Waals surface area contributed by atoms with Crippen LogP contribution in [0.1, 0.15) is 25.7 Å². The van der Waals surface area contributed by atoms with E-state index < -0.39 is 0 Å². The van der Waals surface area contributed by atoms with Crippen LogP contribution in [-0.2, 0) is 0 Å². The van der Waals surface area contributed by atoms with E-state index in [4.69, 9.17) is 10.5 Å². The van der Waals surface area contributed by atoms with Crippen molar-refractivity contribution < 1.29 is 4.74 Å². The quantitative estimate of drug-likeness (QED) is 0.798. The molecule has 3 heteroatoms. The number of nitrogen functional groups attached to an aromatic ring is 1. The van der Waals surface area contributed by atoms with Crippen LogP contribution in [-0.4, -0.2) is 12.4 Å². The molecular weight excluding hydrogens is 206 g/mol. The summed E-state index contributed by atoms with van der Waals surface area (Å²) in [5, 5.41) is 0.749. The summed E-state index contributed by atoms with van der Waals surface area (Å²) in [6.07, 6.45) is 5.37. The fourth-order valence-corrected chi connectivity index (χ4v) is 3.25. The van der Waals surface area contributed by atoms with Gasteiger partial charge in [0, 0.05) is 15.8 Å². The van der Waals surface area contributed by atoms with Crippen molar-refractivity contribution in [2.75, 3.05) is 12.8 Å². The second kappa shape index (κ2) is 4.79. The average molecular weight is 223 g/mol. The Morgan fingerprint density at radius 3 is 2.73 bits per heavy atom. The second-order valence-electron chi connectivity index (χ2n) is 3.93. The van der Waals surface area contributed by atoms with Crippen molar-refractivity contribution in [1.82, 2.24) is 0 Å². The van der Waals surface area contributed by atoms with Gasteiger partial charge in [-0.2, -0.15) is 0 Å². The number of hydrogen-bond acceptors (Lipinski definition) is 3. The predicted molar refractivity (Wildman–Crippen MR) is 65.5 cm³/mol. The molecule has 0 aromatic heterocycles. The van der Waals surface area contributed by atoms with Crippen LogP contribution in [0.2, 0.25) is 0 Å². The van der Waals surface area contributed by atoms with E-state index >= 15 is 0 Å². The molecule has 2 N–H and O–H groups in total. The van der Waals surface area contributed by atoms with Gasteiger partial charge in [-0.05, 0) is 31.0 Å². The van der Waals surface area contributed by atoms with Gasteiger partial charge in [0.15, 0.2) is 0 Å². The summed E-state index contributed by atoms with van der Waals surface area (Å²) < 4.78 is 5.21. The lowest BCUT2D eigenvalue weighted by Gasteiger charge is -2.12. The van der Waals surface area contributed by atoms with Gasteiger partial charge in [0.1, 0.15) is 5.75 Å². The second-order valence-corrected chi connectivity index (χ2v) is 5.27. The van der Waals surface area contributed by atoms with Gasteiger partial charge in [0.05, 0.1) is 7.11 Å². The first kappa shape index (κ1) is 10.7. The van der Waals surface area contributed by atoms with Crippen molar-refractivity contribution >= 4 is 17.4 Å². The van der Waals surface area contributed by atoms with Gasteiger partial charge in [-0.3, -0.25) is 0 Å². The van der Waals surface area contributed by atoms with Crippen LogP contribution < -0.4 is 10.5 Å². The Labute approximate surface area is 95.2 Å². The Hall–Kier alpha value is -0.830. The molecule has 15 heavy (non-hydrogen) atoms. The van der Waals surface area contributed by atoms with E-state index in [0.717, 1.165) is 16.7 Å². The van der Waals surface area contributed by atoms with E-state index in [-0.39, 0.29) is 0 Å². The van der Waals surface area contributed by atoms with Crippen molar-refractivity contribution in [2.24, 2.45) is 0 Å². The van der Waals surface area contributed by atoms with Gasteiger partial charge in [-0.1, -0.05) is 12.8 Å². The maximum Gasteiger partial charge on any atom is 0.120 e. The first-order valence-electron chi connectivity index (χ1n) is 5.40. The molecule has 2 nitrogen and oxygen atoms in total. The fraction of sp³-hybridized carbons (Fsp3) is 0.500. The number of rotatable bonds is 3. The molecule has 0 bridgehead atoms. The Balaban J connectivity index is 2.11. The van der Waals surface area contributed by atoms with Gasteiger partial charge in [0.25, 0.3) is 0 Å². The number of methoxy groups -OCH3 is 1. The minimum absolute atomic E-state index is 0.749. The Bertz CT molecular complexity index is 334. The molecule has 0 atom stereocenters. The highest BCUT2D eigenvalue weighted by atomic mass is 32.2. The summed E-state index contributed by atoms with van der Waals surface area (Å²) in [4.78, 5) is 1.17. The minimum atomic E-state index is 0.749. The first-order valence-corrected chi connectivity index (χ1v) is 6.28. The molecule has 2 rings (SSSR count). The highest BCUT2D eigenvalue weighted by Crippen LogP contribution is 2.38. The van der Waals surface area contributed by atoms with E-state index in [9.17, 15) is 0 Å². The lowest BCUT2D eigenvalue weighted by atomic mass is 10.3. The van der Waals surface area contributed by atoms with Crippen LogP contribution >= 0.6 is 11.8 Å². The molecule has 0 unspecified atom stereocenters. The molecule has 1 fully saturated rings. The SMILES string of the molecule is COc1ccc(N)c(SC2CCCC2)c1. The van der Waals surface area contributed by atoms with Crippen molar-refractivity contribution in [3.8, 4) is 5.75 Å². The Morgan fingerprint density at radius 2 is 2.07 bits per heavy atom. The van der Waals surface area contributed by atoms with Crippen LogP contribution in [0.25, 0.3) is 0 Å². The summed E-state index contributed by atoms with van der Waals surface area (Å²) >= 11 is 1.90. The lowest BCUT2D eigenvalue weighted by molar-refractivity contribution is 0.414. The number of benzene rings is 1. The molecular formula is C12H17NOS. The molecule has 1 aromatic rings. The van der Waals surface area contributed by atoms with Crippen molar-refractivity contribution in [3.05, 3.63) is 18.2 Å². The Morgan fingerprint density at radius 1 is 1.33 bits per heavy atom. The summed E-state index contributed by atoms with van der Waals surface area (Å²) in [5.41, 5.74) is 6.81. The summed E-state index contributed by atoms with van der Waals surface area (Å²) in [7, 11) is 1.69. The molecule has 1 aliphatic rings. The van der Waals surface area contributed by atoms with E-state index in [1.807, 2.05) is 30.0 Å². The molecule has 0 radical (unpaired) electrons. The number of anilines is 1. The third kappa shape index (κ3) is 2.59. The molecule has 82 valence electrons. The highest BCUT2D eigenvalue weighted by Gasteiger charge is 2.17. The summed E-state index contributed by atoms with van der Waals surface area (Å²) in [6, 6.07) is 5.88. The van der Waals surface area contributed by atoms with Crippen molar-refractivity contribution in [1.29, 1.82) is 0 Å². The van der Waals surface area contributed by atoms with Gasteiger partial charge >= 0.3 is 0 Å². The monoisotopic (exact) mass is 223 g/mol. The number of thioether (sulfide) groups is 1. The smallest absolute Gasteiger partial charge is 0.120 e. The normalized spacial score (nSPS) is 16.9. The van der Waals surface area contributed by atoms with Gasteiger partial charge in [0.2, 0.25) is 0 Å². The molecule has 1 aliphatic carbocycles. The number of ether oxygens (including phenoxy) is 1. The van der Waals surface area contributed by atoms with Crippen LogP contribution in [0.3, 0.4) is 0 Å². The van der Waals surface area contributed by atoms with Crippen LogP contribution in [0.5, 0.6) is 5.75 Å². The van der Waals surface area contributed by atoms with E-state index in [1.165, 1.54) is 30.6 Å². The topological polar surface area (TPSA) is 35.2 Å². The standard InChI is InChI=1S/C12H17NOS/c1-14-9-6-7-11(13)12(8-9)15-10-4-2-3-5-10/h6-8,10H,2-5,13H2,1H3. The fourth-order valence-electron chi connectivity index (χ4n) is 1.93. The van der Waals surface area contributed by atoms with E-state index in [2.05, 4.69) is 0 Å². The van der Waals surface area contributed by atoms with Gasteiger partial charge in [-0.15, -0.1) is 11.8 Å². The molecule has 0 amide bonds. The maximum atomic E-state index is 5.95. The van der Waals surface area contributed by atoms with Gasteiger partial charge < -0.3 is 10.5 Å². The zero-order valence-electron chi connectivity index (χ0n) is 9.03. The molecule has 1 aromatic carbocycles. The number of nitrogens with two attached hydrogens (primary N) is 1. The van der Waals surface area contributed by atoms with E-state index in [0.29, 0.717) is 0 Å². The summed E-state index contributed by atoms with van der Waals surface area (Å²) in [6.45, 7) is 0. The molecule has 0 saturated heterocycles. The molecule has 0 heterocycles. The molecule has 0 aliphatic heterocycles. The zero-order chi connectivity index (χ0) is 10.7. The van der Waals surface area contributed by atoms with Crippen LogP contribution in [0, 0.1) is 0 Å². The van der Waals surface area contributed by atoms with E-state index in [1.54, 1.807) is 7.11 Å². The lowest BCUT2D eigenvalue weighted by Crippen LogP contribution is -1.97. The van der Waals surface area contributed by atoms with Crippen LogP contribution in [0.15, 0.2) is 23.1 Å². The average Bonchev–Trinajstić information content (AvgIpc) is 2.74. The van der Waals surface area contributed by atoms with Crippen molar-refractivity contribution in [3.63, 3.8) is 0 Å². The Kier molecular flexibility index (Phi) is 3.41.